The van der Waals surface area contributed by atoms with Gasteiger partial charge in [-0.3, -0.25) is 4.55 Å². The second kappa shape index (κ2) is 11.2. The first-order chi connectivity index (χ1) is 16.8. The minimum absolute atomic E-state index is 0.0373. The molecule has 6 heteroatoms. The summed E-state index contributed by atoms with van der Waals surface area (Å²) in [4.78, 5) is -0.0373. The zero-order valence-electron chi connectivity index (χ0n) is 19.4. The lowest BCUT2D eigenvalue weighted by molar-refractivity contribution is 0.301. The Morgan fingerprint density at radius 2 is 1.57 bits per heavy atom. The highest BCUT2D eigenvalue weighted by atomic mass is 79.9. The van der Waals surface area contributed by atoms with Gasteiger partial charge < -0.3 is 4.74 Å². The topological polar surface area (TPSA) is 63.6 Å². The van der Waals surface area contributed by atoms with Gasteiger partial charge in [0.25, 0.3) is 10.1 Å². The summed E-state index contributed by atoms with van der Waals surface area (Å²) in [5, 5.41) is 0. The molecule has 1 atom stereocenters. The molecule has 180 valence electrons. The average Bonchev–Trinajstić information content (AvgIpc) is 2.84. The van der Waals surface area contributed by atoms with E-state index in [0.29, 0.717) is 25.0 Å². The Balaban J connectivity index is 1.70. The highest BCUT2D eigenvalue weighted by Crippen LogP contribution is 2.38. The zero-order chi connectivity index (χ0) is 24.8. The van der Waals surface area contributed by atoms with Crippen molar-refractivity contribution in [3.8, 4) is 5.75 Å². The van der Waals surface area contributed by atoms with E-state index in [0.717, 1.165) is 32.5 Å². The van der Waals surface area contributed by atoms with Gasteiger partial charge in [-0.2, -0.15) is 8.42 Å². The van der Waals surface area contributed by atoms with Crippen LogP contribution in [0.1, 0.15) is 40.2 Å². The second-order valence-corrected chi connectivity index (χ2v) is 10.9. The molecule has 0 aliphatic carbocycles. The largest absolute Gasteiger partial charge is 0.489 e. The van der Waals surface area contributed by atoms with Gasteiger partial charge in [0.05, 0.1) is 4.90 Å². The number of aryl methyl sites for hydroxylation is 2. The summed E-state index contributed by atoms with van der Waals surface area (Å²) >= 11 is 3.61. The Labute approximate surface area is 215 Å². The van der Waals surface area contributed by atoms with E-state index in [2.05, 4.69) is 34.1 Å². The molecule has 1 unspecified atom stereocenters. The van der Waals surface area contributed by atoms with Crippen molar-refractivity contribution in [1.82, 2.24) is 0 Å². The molecule has 0 bridgehead atoms. The SMILES string of the molecule is Cc1ccc(S(=O)(=O)O)c(CCC(c2ccccc2)c2cc(Br)ccc2OCc2ccccc2)c1. The van der Waals surface area contributed by atoms with Crippen LogP contribution in [0.5, 0.6) is 5.75 Å². The van der Waals surface area contributed by atoms with Gasteiger partial charge in [-0.1, -0.05) is 94.3 Å². The number of halogens is 1. The van der Waals surface area contributed by atoms with Gasteiger partial charge in [0.2, 0.25) is 0 Å². The molecule has 0 saturated carbocycles. The lowest BCUT2D eigenvalue weighted by Crippen LogP contribution is -2.09. The normalized spacial score (nSPS) is 12.3. The van der Waals surface area contributed by atoms with Crippen LogP contribution >= 0.6 is 15.9 Å². The molecule has 0 aliphatic rings. The van der Waals surface area contributed by atoms with Crippen LogP contribution < -0.4 is 4.74 Å². The third-order valence-electron chi connectivity index (χ3n) is 5.98. The molecule has 0 spiro atoms. The van der Waals surface area contributed by atoms with Crippen molar-refractivity contribution in [3.63, 3.8) is 0 Å². The molecule has 0 fully saturated rings. The Hall–Kier alpha value is -2.93. The molecule has 0 aliphatic heterocycles. The smallest absolute Gasteiger partial charge is 0.294 e. The van der Waals surface area contributed by atoms with Crippen LogP contribution in [0.25, 0.3) is 0 Å². The average molecular weight is 552 g/mol. The van der Waals surface area contributed by atoms with Crippen LogP contribution in [0.15, 0.2) is 106 Å². The van der Waals surface area contributed by atoms with E-state index in [4.69, 9.17) is 4.74 Å². The van der Waals surface area contributed by atoms with Crippen molar-refractivity contribution in [2.45, 2.75) is 37.2 Å². The summed E-state index contributed by atoms with van der Waals surface area (Å²) in [6, 6.07) is 31.2. The number of hydrogen-bond donors (Lipinski definition) is 1. The summed E-state index contributed by atoms with van der Waals surface area (Å²) in [7, 11) is -4.31. The van der Waals surface area contributed by atoms with Crippen molar-refractivity contribution >= 4 is 26.0 Å². The van der Waals surface area contributed by atoms with Gasteiger partial charge in [0.1, 0.15) is 12.4 Å². The maximum Gasteiger partial charge on any atom is 0.294 e. The van der Waals surface area contributed by atoms with E-state index in [1.54, 1.807) is 6.07 Å². The van der Waals surface area contributed by atoms with Gasteiger partial charge in [0.15, 0.2) is 0 Å². The van der Waals surface area contributed by atoms with E-state index in [9.17, 15) is 13.0 Å². The fourth-order valence-corrected chi connectivity index (χ4v) is 5.41. The zero-order valence-corrected chi connectivity index (χ0v) is 21.8. The van der Waals surface area contributed by atoms with Crippen molar-refractivity contribution < 1.29 is 17.7 Å². The summed E-state index contributed by atoms with van der Waals surface area (Å²) in [6.45, 7) is 2.36. The summed E-state index contributed by atoms with van der Waals surface area (Å²) in [5.41, 5.74) is 4.75. The molecule has 0 saturated heterocycles. The molecule has 0 radical (unpaired) electrons. The molecule has 35 heavy (non-hydrogen) atoms. The fraction of sp³-hybridized carbons (Fsp3) is 0.172. The summed E-state index contributed by atoms with van der Waals surface area (Å²) < 4.78 is 41.0. The standard InChI is InChI=1S/C29H27BrO4S/c1-21-12-17-29(35(31,32)33)24(18-21)13-15-26(23-10-6-3-7-11-23)27-19-25(30)14-16-28(27)34-20-22-8-4-2-5-9-22/h2-12,14,16-19,26H,13,15,20H2,1H3,(H,31,32,33). The van der Waals surface area contributed by atoms with Gasteiger partial charge in [-0.05, 0) is 60.7 Å². The Kier molecular flexibility index (Phi) is 8.06. The van der Waals surface area contributed by atoms with E-state index >= 15 is 0 Å². The van der Waals surface area contributed by atoms with Crippen LogP contribution in [0.2, 0.25) is 0 Å². The molecule has 0 heterocycles. The van der Waals surface area contributed by atoms with E-state index < -0.39 is 10.1 Å². The molecule has 4 rings (SSSR count). The highest BCUT2D eigenvalue weighted by Gasteiger charge is 2.22. The lowest BCUT2D eigenvalue weighted by Gasteiger charge is -2.22. The Morgan fingerprint density at radius 1 is 0.886 bits per heavy atom. The van der Waals surface area contributed by atoms with Crippen molar-refractivity contribution in [3.05, 3.63) is 129 Å². The first-order valence-electron chi connectivity index (χ1n) is 11.4. The number of ether oxygens (including phenoxy) is 1. The predicted molar refractivity (Wildman–Crippen MR) is 143 cm³/mol. The molecule has 0 aromatic heterocycles. The van der Waals surface area contributed by atoms with E-state index in [-0.39, 0.29) is 10.8 Å². The van der Waals surface area contributed by atoms with Gasteiger partial charge in [-0.15, -0.1) is 0 Å². The van der Waals surface area contributed by atoms with Crippen molar-refractivity contribution in [2.24, 2.45) is 0 Å². The molecule has 4 nitrogen and oxygen atoms in total. The van der Waals surface area contributed by atoms with Crippen LogP contribution in [0.4, 0.5) is 0 Å². The molecular weight excluding hydrogens is 524 g/mol. The highest BCUT2D eigenvalue weighted by molar-refractivity contribution is 9.10. The van der Waals surface area contributed by atoms with E-state index in [1.807, 2.05) is 73.7 Å². The maximum absolute atomic E-state index is 12.0. The van der Waals surface area contributed by atoms with Crippen LogP contribution in [-0.4, -0.2) is 13.0 Å². The first kappa shape index (κ1) is 25.2. The van der Waals surface area contributed by atoms with Crippen LogP contribution in [-0.2, 0) is 23.1 Å². The number of rotatable bonds is 9. The lowest BCUT2D eigenvalue weighted by atomic mass is 9.85. The van der Waals surface area contributed by atoms with Gasteiger partial charge >= 0.3 is 0 Å². The monoisotopic (exact) mass is 550 g/mol. The van der Waals surface area contributed by atoms with Crippen molar-refractivity contribution in [2.75, 3.05) is 0 Å². The Morgan fingerprint density at radius 3 is 2.26 bits per heavy atom. The summed E-state index contributed by atoms with van der Waals surface area (Å²) in [6.07, 6.45) is 1.11. The summed E-state index contributed by atoms with van der Waals surface area (Å²) in [5.74, 6) is 0.736. The molecule has 4 aromatic rings. The van der Waals surface area contributed by atoms with Crippen molar-refractivity contribution in [1.29, 1.82) is 0 Å². The molecule has 0 amide bonds. The van der Waals surface area contributed by atoms with Gasteiger partial charge in [0, 0.05) is 16.0 Å². The van der Waals surface area contributed by atoms with Crippen LogP contribution in [0.3, 0.4) is 0 Å². The van der Waals surface area contributed by atoms with Crippen LogP contribution in [0, 0.1) is 6.92 Å². The second-order valence-electron chi connectivity index (χ2n) is 8.54. The quantitative estimate of drug-likeness (QED) is 0.221. The van der Waals surface area contributed by atoms with Gasteiger partial charge in [-0.25, -0.2) is 0 Å². The third kappa shape index (κ3) is 6.60. The molecule has 1 N–H and O–H groups in total. The fourth-order valence-electron chi connectivity index (χ4n) is 4.30. The molecular formula is C29H27BrO4S. The third-order valence-corrected chi connectivity index (χ3v) is 7.43. The predicted octanol–water partition coefficient (Wildman–Crippen LogP) is 7.35. The minimum atomic E-state index is -4.31. The minimum Gasteiger partial charge on any atom is -0.489 e. The number of hydrogen-bond acceptors (Lipinski definition) is 3. The van der Waals surface area contributed by atoms with E-state index in [1.165, 1.54) is 6.07 Å². The maximum atomic E-state index is 12.0. The Bertz CT molecular complexity index is 1390. The first-order valence-corrected chi connectivity index (χ1v) is 13.6. The molecule has 4 aromatic carbocycles. The number of benzene rings is 4.